The van der Waals surface area contributed by atoms with Crippen LogP contribution in [0.5, 0.6) is 0 Å². The standard InChI is InChI=1S/C24H41N5O7S/c1-22(2,3)18(20(31)32)29(23(4,5)6)19(30)17-15-26(37(34,35)27-13-16(12-25)14-27)10-11-28(17)21(33)36-24(7,8)9/h16-18H,10-11,13-15H2,1-9H3,(H,31,32)/t17-,18-/m0/s1. The number of ether oxygens (including phenoxy) is 1. The summed E-state index contributed by atoms with van der Waals surface area (Å²) in [6.45, 7) is 14.8. The van der Waals surface area contributed by atoms with E-state index in [2.05, 4.69) is 0 Å². The fourth-order valence-electron chi connectivity index (χ4n) is 4.46. The summed E-state index contributed by atoms with van der Waals surface area (Å²) in [6, 6.07) is -0.526. The monoisotopic (exact) mass is 543 g/mol. The van der Waals surface area contributed by atoms with Crippen molar-refractivity contribution in [2.45, 2.75) is 85.5 Å². The number of carbonyl (C=O) groups excluding carboxylic acids is 2. The maximum atomic E-state index is 14.2. The minimum Gasteiger partial charge on any atom is -0.480 e. The van der Waals surface area contributed by atoms with Crippen molar-refractivity contribution in [3.63, 3.8) is 0 Å². The number of carbonyl (C=O) groups is 3. The van der Waals surface area contributed by atoms with Crippen molar-refractivity contribution in [3.8, 4) is 6.07 Å². The van der Waals surface area contributed by atoms with Crippen LogP contribution in [0.1, 0.15) is 62.3 Å². The summed E-state index contributed by atoms with van der Waals surface area (Å²) in [6.07, 6.45) is -0.784. The maximum absolute atomic E-state index is 14.2. The van der Waals surface area contributed by atoms with Gasteiger partial charge in [-0.15, -0.1) is 0 Å². The predicted octanol–water partition coefficient (Wildman–Crippen LogP) is 1.73. The third-order valence-corrected chi connectivity index (χ3v) is 8.15. The molecule has 0 radical (unpaired) electrons. The molecule has 2 aliphatic heterocycles. The van der Waals surface area contributed by atoms with Crippen LogP contribution in [-0.2, 0) is 24.5 Å². The molecule has 2 atom stereocenters. The number of amides is 2. The molecule has 2 heterocycles. The second-order valence-electron chi connectivity index (χ2n) is 12.7. The van der Waals surface area contributed by atoms with Crippen LogP contribution in [-0.4, -0.2) is 106 Å². The van der Waals surface area contributed by atoms with E-state index in [1.54, 1.807) is 62.3 Å². The third kappa shape index (κ3) is 6.91. The second kappa shape index (κ2) is 10.4. The van der Waals surface area contributed by atoms with Gasteiger partial charge in [0, 0.05) is 38.3 Å². The molecule has 2 fully saturated rings. The van der Waals surface area contributed by atoms with Gasteiger partial charge in [-0.1, -0.05) is 20.8 Å². The third-order valence-electron chi connectivity index (χ3n) is 6.21. The van der Waals surface area contributed by atoms with Gasteiger partial charge in [-0.3, -0.25) is 9.69 Å². The summed E-state index contributed by atoms with van der Waals surface area (Å²) in [5.41, 5.74) is -2.70. The molecule has 0 aromatic carbocycles. The van der Waals surface area contributed by atoms with E-state index in [0.29, 0.717) is 0 Å². The van der Waals surface area contributed by atoms with Crippen LogP contribution in [0.2, 0.25) is 0 Å². The molecule has 0 aromatic rings. The number of nitriles is 1. The highest BCUT2D eigenvalue weighted by atomic mass is 32.2. The zero-order valence-corrected chi connectivity index (χ0v) is 24.1. The fraction of sp³-hybridized carbons (Fsp3) is 0.833. The molecule has 0 unspecified atom stereocenters. The Hall–Kier alpha value is -2.43. The molecule has 37 heavy (non-hydrogen) atoms. The Balaban J connectivity index is 2.53. The summed E-state index contributed by atoms with van der Waals surface area (Å²) in [5.74, 6) is -2.28. The van der Waals surface area contributed by atoms with Crippen molar-refractivity contribution >= 4 is 28.2 Å². The van der Waals surface area contributed by atoms with Crippen LogP contribution in [0, 0.1) is 22.7 Å². The van der Waals surface area contributed by atoms with E-state index >= 15 is 0 Å². The lowest BCUT2D eigenvalue weighted by molar-refractivity contribution is -0.164. The first kappa shape index (κ1) is 30.8. The summed E-state index contributed by atoms with van der Waals surface area (Å²) in [4.78, 5) is 42.2. The highest BCUT2D eigenvalue weighted by molar-refractivity contribution is 7.86. The zero-order chi connectivity index (χ0) is 28.7. The van der Waals surface area contributed by atoms with Gasteiger partial charge in [0.25, 0.3) is 10.2 Å². The Kier molecular flexibility index (Phi) is 8.64. The van der Waals surface area contributed by atoms with E-state index in [1.807, 2.05) is 6.07 Å². The second-order valence-corrected chi connectivity index (χ2v) is 14.6. The summed E-state index contributed by atoms with van der Waals surface area (Å²) >= 11 is 0. The number of carboxylic acids is 1. The predicted molar refractivity (Wildman–Crippen MR) is 135 cm³/mol. The quantitative estimate of drug-likeness (QED) is 0.550. The first-order chi connectivity index (χ1) is 16.6. The first-order valence-electron chi connectivity index (χ1n) is 12.3. The minimum absolute atomic E-state index is 0.0585. The molecule has 0 aromatic heterocycles. The Morgan fingerprint density at radius 2 is 1.51 bits per heavy atom. The van der Waals surface area contributed by atoms with E-state index in [9.17, 15) is 27.9 Å². The Labute approximate surface area is 220 Å². The van der Waals surface area contributed by atoms with E-state index in [0.717, 1.165) is 4.31 Å². The molecule has 2 rings (SSSR count). The van der Waals surface area contributed by atoms with Crippen LogP contribution < -0.4 is 0 Å². The molecule has 0 bridgehead atoms. The molecule has 0 spiro atoms. The van der Waals surface area contributed by atoms with E-state index in [1.165, 1.54) is 14.1 Å². The smallest absolute Gasteiger partial charge is 0.411 e. The van der Waals surface area contributed by atoms with Gasteiger partial charge in [-0.05, 0) is 47.0 Å². The van der Waals surface area contributed by atoms with Gasteiger partial charge < -0.3 is 14.7 Å². The lowest BCUT2D eigenvalue weighted by atomic mass is 9.82. The molecule has 0 aliphatic carbocycles. The average molecular weight is 544 g/mol. The normalized spacial score (nSPS) is 21.5. The van der Waals surface area contributed by atoms with Crippen molar-refractivity contribution in [1.29, 1.82) is 5.26 Å². The van der Waals surface area contributed by atoms with Crippen LogP contribution in [0.3, 0.4) is 0 Å². The first-order valence-corrected chi connectivity index (χ1v) is 13.7. The molecule has 210 valence electrons. The van der Waals surface area contributed by atoms with Gasteiger partial charge in [-0.2, -0.15) is 22.3 Å². The fourth-order valence-corrected chi connectivity index (χ4v) is 6.17. The molecule has 0 saturated carbocycles. The Bertz CT molecular complexity index is 1040. The van der Waals surface area contributed by atoms with Gasteiger partial charge in [0.2, 0.25) is 5.91 Å². The van der Waals surface area contributed by atoms with Gasteiger partial charge in [0.05, 0.1) is 12.0 Å². The number of carboxylic acid groups (broad SMARTS) is 1. The van der Waals surface area contributed by atoms with Gasteiger partial charge in [-0.25, -0.2) is 9.59 Å². The van der Waals surface area contributed by atoms with Crippen LogP contribution in [0.4, 0.5) is 4.79 Å². The molecule has 1 N–H and O–H groups in total. The van der Waals surface area contributed by atoms with Crippen molar-refractivity contribution < 1.29 is 32.6 Å². The SMILES string of the molecule is CC(C)(C)OC(=O)N1CCN(S(=O)(=O)N2CC(C#N)C2)C[C@H]1C(=O)N([C@@H](C(=O)O)C(C)(C)C)C(C)(C)C. The lowest BCUT2D eigenvalue weighted by Gasteiger charge is -2.49. The highest BCUT2D eigenvalue weighted by Gasteiger charge is 2.51. The maximum Gasteiger partial charge on any atom is 0.411 e. The van der Waals surface area contributed by atoms with Gasteiger partial charge in [0.15, 0.2) is 0 Å². The number of piperazine rings is 1. The number of hydrogen-bond donors (Lipinski definition) is 1. The molecular formula is C24H41N5O7S. The number of hydrogen-bond acceptors (Lipinski definition) is 7. The van der Waals surface area contributed by atoms with E-state index in [-0.39, 0.29) is 32.7 Å². The molecule has 2 saturated heterocycles. The number of nitrogens with zero attached hydrogens (tertiary/aromatic N) is 5. The average Bonchev–Trinajstić information content (AvgIpc) is 2.66. The Morgan fingerprint density at radius 1 is 0.973 bits per heavy atom. The van der Waals surface area contributed by atoms with Crippen molar-refractivity contribution in [1.82, 2.24) is 18.4 Å². The Morgan fingerprint density at radius 3 is 1.92 bits per heavy atom. The molecule has 2 aliphatic rings. The summed E-state index contributed by atoms with van der Waals surface area (Å²) in [5, 5.41) is 19.2. The zero-order valence-electron chi connectivity index (χ0n) is 23.3. The van der Waals surface area contributed by atoms with Crippen LogP contribution in [0.15, 0.2) is 0 Å². The number of aliphatic carboxylic acids is 1. The topological polar surface area (TPSA) is 152 Å². The van der Waals surface area contributed by atoms with Crippen molar-refractivity contribution in [3.05, 3.63) is 0 Å². The van der Waals surface area contributed by atoms with Crippen molar-refractivity contribution in [2.24, 2.45) is 11.3 Å². The van der Waals surface area contributed by atoms with E-state index in [4.69, 9.17) is 10.00 Å². The largest absolute Gasteiger partial charge is 0.480 e. The van der Waals surface area contributed by atoms with Crippen LogP contribution >= 0.6 is 0 Å². The molecule has 2 amide bonds. The molecular weight excluding hydrogens is 502 g/mol. The van der Waals surface area contributed by atoms with Crippen LogP contribution in [0.25, 0.3) is 0 Å². The van der Waals surface area contributed by atoms with E-state index < -0.39 is 62.7 Å². The van der Waals surface area contributed by atoms with Gasteiger partial charge in [0.1, 0.15) is 17.7 Å². The minimum atomic E-state index is -4.00. The molecule has 12 nitrogen and oxygen atoms in total. The summed E-state index contributed by atoms with van der Waals surface area (Å²) in [7, 11) is -4.00. The summed E-state index contributed by atoms with van der Waals surface area (Å²) < 4.78 is 34.3. The lowest BCUT2D eigenvalue weighted by Crippen LogP contribution is -2.69. The molecule has 13 heteroatoms. The van der Waals surface area contributed by atoms with Crippen molar-refractivity contribution in [2.75, 3.05) is 32.7 Å². The highest BCUT2D eigenvalue weighted by Crippen LogP contribution is 2.33. The van der Waals surface area contributed by atoms with Gasteiger partial charge >= 0.3 is 12.1 Å². The number of rotatable bonds is 5.